The Morgan fingerprint density at radius 1 is 1.71 bits per heavy atom. The van der Waals surface area contributed by atoms with Gasteiger partial charge in [-0.2, -0.15) is 0 Å². The molecule has 0 amide bonds. The molecular weight excluding hydrogens is 105 g/mol. The number of hydrogen-bond donors (Lipinski definition) is 1. The van der Waals surface area contributed by atoms with E-state index in [1.54, 1.807) is 0 Å². The first kappa shape index (κ1) is 5.02. The Morgan fingerprint density at radius 2 is 2.57 bits per heavy atom. The number of hydrogen-bond acceptors (Lipinski definition) is 1. The Hall–Kier alpha value is -0.130. The predicted octanol–water partition coefficient (Wildman–Crippen LogP) is 1.38. The van der Waals surface area contributed by atoms with E-state index in [4.69, 9.17) is 5.50 Å². The Morgan fingerprint density at radius 3 is 2.86 bits per heavy atom. The molecule has 2 N–H and O–H groups in total. The monoisotopic (exact) mass is 113 g/mol. The van der Waals surface area contributed by atoms with Crippen molar-refractivity contribution in [2.24, 2.45) is 5.50 Å². The molecule has 0 bridgehead atoms. The fraction of sp³-hybridized carbons (Fsp3) is 0.200. The zero-order chi connectivity index (χ0) is 5.11. The molecule has 7 heavy (non-hydrogen) atoms. The van der Waals surface area contributed by atoms with Gasteiger partial charge < -0.3 is 5.50 Å². The van der Waals surface area contributed by atoms with Gasteiger partial charge in [-0.05, 0) is 20.5 Å². The van der Waals surface area contributed by atoms with Gasteiger partial charge in [-0.1, -0.05) is 18.2 Å². The summed E-state index contributed by atoms with van der Waals surface area (Å²) < 4.78 is 0. The van der Waals surface area contributed by atoms with E-state index in [2.05, 4.69) is 18.2 Å². The third-order valence-electron chi connectivity index (χ3n) is 0.957. The molecule has 0 fully saturated rings. The highest BCUT2D eigenvalue weighted by Gasteiger charge is 1.92. The van der Waals surface area contributed by atoms with Crippen molar-refractivity contribution in [1.82, 2.24) is 0 Å². The van der Waals surface area contributed by atoms with Crippen LogP contribution in [-0.4, -0.2) is 0 Å². The molecular formula is C5H8NP. The van der Waals surface area contributed by atoms with Crippen molar-refractivity contribution in [2.45, 2.75) is 6.42 Å². The van der Waals surface area contributed by atoms with E-state index in [1.165, 1.54) is 5.31 Å². The van der Waals surface area contributed by atoms with Crippen LogP contribution in [0.15, 0.2) is 23.5 Å². The molecule has 0 radical (unpaired) electrons. The fourth-order valence-electron chi connectivity index (χ4n) is 0.554. The van der Waals surface area contributed by atoms with E-state index in [0.717, 1.165) is 6.42 Å². The lowest BCUT2D eigenvalue weighted by Gasteiger charge is -1.89. The molecule has 0 aromatic heterocycles. The van der Waals surface area contributed by atoms with Gasteiger partial charge in [-0.25, -0.2) is 0 Å². The van der Waals surface area contributed by atoms with Gasteiger partial charge in [0, 0.05) is 0 Å². The zero-order valence-corrected chi connectivity index (χ0v) is 5.02. The van der Waals surface area contributed by atoms with Crippen molar-refractivity contribution in [3.8, 4) is 0 Å². The smallest absolute Gasteiger partial charge is 0.00801 e. The van der Waals surface area contributed by atoms with Gasteiger partial charge in [-0.3, -0.25) is 0 Å². The second-order valence-corrected chi connectivity index (χ2v) is 2.40. The number of nitrogens with two attached hydrogens (primary N) is 1. The first-order valence-electron chi connectivity index (χ1n) is 2.26. The van der Waals surface area contributed by atoms with Gasteiger partial charge >= 0.3 is 0 Å². The molecule has 0 aromatic carbocycles. The molecule has 1 rings (SSSR count). The quantitative estimate of drug-likeness (QED) is 0.511. The van der Waals surface area contributed by atoms with Crippen molar-refractivity contribution in [1.29, 1.82) is 0 Å². The molecule has 1 unspecified atom stereocenters. The van der Waals surface area contributed by atoms with Crippen LogP contribution in [0.2, 0.25) is 0 Å². The number of rotatable bonds is 1. The van der Waals surface area contributed by atoms with E-state index in [0.29, 0.717) is 8.73 Å². The maximum Gasteiger partial charge on any atom is -0.00801 e. The average Bonchev–Trinajstić information content (AvgIpc) is 2.14. The largest absolute Gasteiger partial charge is 0.309 e. The van der Waals surface area contributed by atoms with Gasteiger partial charge in [0.15, 0.2) is 0 Å². The summed E-state index contributed by atoms with van der Waals surface area (Å²) in [5.74, 6) is 0. The van der Waals surface area contributed by atoms with Crippen LogP contribution in [0.5, 0.6) is 0 Å². The lowest BCUT2D eigenvalue weighted by atomic mass is 10.5. The lowest BCUT2D eigenvalue weighted by molar-refractivity contribution is 1.41. The van der Waals surface area contributed by atoms with Gasteiger partial charge in [0.2, 0.25) is 0 Å². The summed E-state index contributed by atoms with van der Waals surface area (Å²) in [7, 11) is 0.510. The molecule has 38 valence electrons. The van der Waals surface area contributed by atoms with Crippen molar-refractivity contribution in [3.63, 3.8) is 0 Å². The van der Waals surface area contributed by atoms with E-state index in [9.17, 15) is 0 Å². The van der Waals surface area contributed by atoms with Crippen LogP contribution >= 0.6 is 8.73 Å². The summed E-state index contributed by atoms with van der Waals surface area (Å²) in [6, 6.07) is 0. The summed E-state index contributed by atoms with van der Waals surface area (Å²) in [4.78, 5) is 0. The van der Waals surface area contributed by atoms with Crippen molar-refractivity contribution >= 4 is 8.73 Å². The van der Waals surface area contributed by atoms with E-state index in [1.807, 2.05) is 0 Å². The third-order valence-corrected chi connectivity index (χ3v) is 1.70. The molecule has 0 aromatic rings. The molecule has 1 aliphatic carbocycles. The van der Waals surface area contributed by atoms with Crippen molar-refractivity contribution in [2.75, 3.05) is 0 Å². The highest BCUT2D eigenvalue weighted by atomic mass is 31.1. The maximum atomic E-state index is 5.35. The first-order valence-corrected chi connectivity index (χ1v) is 3.33. The first-order chi connectivity index (χ1) is 3.43. The topological polar surface area (TPSA) is 26.0 Å². The Bertz CT molecular complexity index is 115. The molecule has 0 spiro atoms. The number of allylic oxidation sites excluding steroid dienone is 4. The zero-order valence-electron chi connectivity index (χ0n) is 4.02. The van der Waals surface area contributed by atoms with Crippen molar-refractivity contribution < 1.29 is 0 Å². The standard InChI is InChI=1S/C5H8NP/c6-7-5-3-1-2-4-5/h1-3,7H,4,6H2. The summed E-state index contributed by atoms with van der Waals surface area (Å²) in [5.41, 5.74) is 5.35. The molecule has 1 aliphatic rings. The molecule has 0 saturated heterocycles. The van der Waals surface area contributed by atoms with Crippen LogP contribution < -0.4 is 5.50 Å². The molecule has 2 heteroatoms. The third kappa shape index (κ3) is 1.12. The summed E-state index contributed by atoms with van der Waals surface area (Å²) >= 11 is 0. The highest BCUT2D eigenvalue weighted by molar-refractivity contribution is 7.40. The van der Waals surface area contributed by atoms with E-state index < -0.39 is 0 Å². The maximum absolute atomic E-state index is 5.35. The van der Waals surface area contributed by atoms with Crippen LogP contribution in [0, 0.1) is 0 Å². The van der Waals surface area contributed by atoms with E-state index >= 15 is 0 Å². The fourth-order valence-corrected chi connectivity index (χ4v) is 0.982. The van der Waals surface area contributed by atoms with Crippen LogP contribution in [0.4, 0.5) is 0 Å². The molecule has 1 atom stereocenters. The SMILES string of the molecule is NPC1=CC=CC1. The summed E-state index contributed by atoms with van der Waals surface area (Å²) in [6.45, 7) is 0. The minimum absolute atomic E-state index is 0.510. The Labute approximate surface area is 45.1 Å². The average molecular weight is 113 g/mol. The molecule has 0 aliphatic heterocycles. The van der Waals surface area contributed by atoms with Gasteiger partial charge in [0.05, 0.1) is 0 Å². The van der Waals surface area contributed by atoms with E-state index in [-0.39, 0.29) is 0 Å². The van der Waals surface area contributed by atoms with Crippen LogP contribution in [0.25, 0.3) is 0 Å². The van der Waals surface area contributed by atoms with Gasteiger partial charge in [0.1, 0.15) is 0 Å². The highest BCUT2D eigenvalue weighted by Crippen LogP contribution is 2.22. The molecule has 0 heterocycles. The summed E-state index contributed by atoms with van der Waals surface area (Å²) in [6.07, 6.45) is 7.33. The minimum atomic E-state index is 0.510. The second kappa shape index (κ2) is 2.25. The normalized spacial score (nSPS) is 19.3. The summed E-state index contributed by atoms with van der Waals surface area (Å²) in [5, 5.41) is 1.36. The minimum Gasteiger partial charge on any atom is -0.309 e. The van der Waals surface area contributed by atoms with Crippen LogP contribution in [0.1, 0.15) is 6.42 Å². The van der Waals surface area contributed by atoms with Crippen LogP contribution in [0.3, 0.4) is 0 Å². The molecule has 1 nitrogen and oxygen atoms in total. The predicted molar refractivity (Wildman–Crippen MR) is 34.3 cm³/mol. The van der Waals surface area contributed by atoms with Crippen molar-refractivity contribution in [3.05, 3.63) is 23.5 Å². The Balaban J connectivity index is 2.45. The lowest BCUT2D eigenvalue weighted by Crippen LogP contribution is -1.72. The Kier molecular flexibility index (Phi) is 1.61. The second-order valence-electron chi connectivity index (χ2n) is 1.47. The van der Waals surface area contributed by atoms with Gasteiger partial charge in [-0.15, -0.1) is 0 Å². The van der Waals surface area contributed by atoms with Gasteiger partial charge in [0.25, 0.3) is 0 Å². The molecule has 0 saturated carbocycles. The van der Waals surface area contributed by atoms with Crippen LogP contribution in [-0.2, 0) is 0 Å².